The number of anilines is 2. The largest absolute Gasteiger partial charge is 0.445 e. The zero-order valence-corrected chi connectivity index (χ0v) is 19.6. The molecule has 1 saturated heterocycles. The van der Waals surface area contributed by atoms with Gasteiger partial charge in [0, 0.05) is 25.0 Å². The van der Waals surface area contributed by atoms with Crippen molar-refractivity contribution >= 4 is 33.2 Å². The third-order valence-electron chi connectivity index (χ3n) is 5.17. The molecule has 0 aromatic heterocycles. The van der Waals surface area contributed by atoms with Crippen molar-refractivity contribution in [3.8, 4) is 0 Å². The highest BCUT2D eigenvalue weighted by Gasteiger charge is 2.24. The van der Waals surface area contributed by atoms with Gasteiger partial charge < -0.3 is 25.0 Å². The molecule has 2 amide bonds. The second-order valence-electron chi connectivity index (χ2n) is 7.93. The predicted octanol–water partition coefficient (Wildman–Crippen LogP) is 2.33. The molecule has 0 spiro atoms. The minimum absolute atomic E-state index is 0.0126. The summed E-state index contributed by atoms with van der Waals surface area (Å²) in [5.41, 5.74) is 1.34. The lowest BCUT2D eigenvalue weighted by atomic mass is 10.2. The van der Waals surface area contributed by atoms with E-state index in [-0.39, 0.29) is 24.5 Å². The Kier molecular flexibility index (Phi) is 8.83. The SMILES string of the molecule is CS(=O)(=O)CCC(NC(=O)OCc1ccccc1)C(=O)Nc1ccc(N2CCOCC2)c(F)c1. The average molecular weight is 494 g/mol. The normalized spacial score (nSPS) is 14.8. The molecule has 2 N–H and O–H groups in total. The number of nitrogens with zero attached hydrogens (tertiary/aromatic N) is 1. The molecule has 1 unspecified atom stereocenters. The second kappa shape index (κ2) is 11.8. The summed E-state index contributed by atoms with van der Waals surface area (Å²) < 4.78 is 48.3. The Bertz CT molecular complexity index is 1090. The Hall–Kier alpha value is -3.18. The van der Waals surface area contributed by atoms with E-state index < -0.39 is 33.7 Å². The van der Waals surface area contributed by atoms with Crippen LogP contribution in [-0.4, -0.2) is 64.8 Å². The van der Waals surface area contributed by atoms with E-state index in [1.54, 1.807) is 36.4 Å². The van der Waals surface area contributed by atoms with Gasteiger partial charge >= 0.3 is 6.09 Å². The van der Waals surface area contributed by atoms with Gasteiger partial charge in [0.1, 0.15) is 28.3 Å². The summed E-state index contributed by atoms with van der Waals surface area (Å²) in [4.78, 5) is 26.9. The number of benzene rings is 2. The van der Waals surface area contributed by atoms with Gasteiger partial charge in [-0.05, 0) is 30.2 Å². The van der Waals surface area contributed by atoms with Crippen LogP contribution in [0.3, 0.4) is 0 Å². The number of halogens is 1. The summed E-state index contributed by atoms with van der Waals surface area (Å²) in [6.07, 6.45) is 0.000793. The first-order valence-electron chi connectivity index (χ1n) is 10.8. The second-order valence-corrected chi connectivity index (χ2v) is 10.2. The molecule has 0 saturated carbocycles. The molecule has 1 heterocycles. The molecular formula is C23H28FN3O6S. The van der Waals surface area contributed by atoms with Gasteiger partial charge in [-0.15, -0.1) is 0 Å². The molecular weight excluding hydrogens is 465 g/mol. The van der Waals surface area contributed by atoms with Crippen molar-refractivity contribution in [2.24, 2.45) is 0 Å². The Morgan fingerprint density at radius 3 is 2.50 bits per heavy atom. The van der Waals surface area contributed by atoms with Crippen molar-refractivity contribution in [1.29, 1.82) is 0 Å². The lowest BCUT2D eigenvalue weighted by Gasteiger charge is -2.29. The number of morpholine rings is 1. The summed E-state index contributed by atoms with van der Waals surface area (Å²) >= 11 is 0. The lowest BCUT2D eigenvalue weighted by molar-refractivity contribution is -0.118. The zero-order chi connectivity index (χ0) is 24.6. The number of ether oxygens (including phenoxy) is 2. The highest BCUT2D eigenvalue weighted by atomic mass is 32.2. The Morgan fingerprint density at radius 2 is 1.85 bits per heavy atom. The van der Waals surface area contributed by atoms with Gasteiger partial charge in [0.15, 0.2) is 0 Å². The molecule has 0 aliphatic carbocycles. The highest BCUT2D eigenvalue weighted by Crippen LogP contribution is 2.24. The first-order chi connectivity index (χ1) is 16.2. The Balaban J connectivity index is 1.64. The number of amides is 2. The summed E-state index contributed by atoms with van der Waals surface area (Å²) in [5, 5.41) is 4.95. The van der Waals surface area contributed by atoms with E-state index in [2.05, 4.69) is 10.6 Å². The molecule has 9 nitrogen and oxygen atoms in total. The first-order valence-corrected chi connectivity index (χ1v) is 12.9. The lowest BCUT2D eigenvalue weighted by Crippen LogP contribution is -2.45. The number of sulfone groups is 1. The third-order valence-corrected chi connectivity index (χ3v) is 6.14. The zero-order valence-electron chi connectivity index (χ0n) is 18.8. The van der Waals surface area contributed by atoms with Crippen LogP contribution in [0, 0.1) is 5.82 Å². The van der Waals surface area contributed by atoms with Crippen molar-refractivity contribution in [2.75, 3.05) is 48.5 Å². The molecule has 0 radical (unpaired) electrons. The molecule has 1 aliphatic rings. The molecule has 1 aliphatic heterocycles. The van der Waals surface area contributed by atoms with Crippen LogP contribution in [0.25, 0.3) is 0 Å². The number of carbonyl (C=O) groups excluding carboxylic acids is 2. The molecule has 1 atom stereocenters. The van der Waals surface area contributed by atoms with E-state index in [4.69, 9.17) is 9.47 Å². The van der Waals surface area contributed by atoms with Crippen molar-refractivity contribution < 1.29 is 31.9 Å². The average Bonchev–Trinajstić information content (AvgIpc) is 2.81. The van der Waals surface area contributed by atoms with Crippen LogP contribution >= 0.6 is 0 Å². The van der Waals surface area contributed by atoms with Crippen LogP contribution in [0.5, 0.6) is 0 Å². The fourth-order valence-corrected chi connectivity index (χ4v) is 4.05. The van der Waals surface area contributed by atoms with Crippen molar-refractivity contribution in [3.63, 3.8) is 0 Å². The predicted molar refractivity (Wildman–Crippen MR) is 126 cm³/mol. The van der Waals surface area contributed by atoms with Crippen LogP contribution in [0.4, 0.5) is 20.6 Å². The quantitative estimate of drug-likeness (QED) is 0.551. The summed E-state index contributed by atoms with van der Waals surface area (Å²) in [6.45, 7) is 2.12. The molecule has 3 rings (SSSR count). The van der Waals surface area contributed by atoms with E-state index in [0.29, 0.717) is 32.0 Å². The molecule has 0 bridgehead atoms. The monoisotopic (exact) mass is 493 g/mol. The van der Waals surface area contributed by atoms with Gasteiger partial charge in [0.05, 0.1) is 24.7 Å². The van der Waals surface area contributed by atoms with E-state index >= 15 is 0 Å². The number of rotatable bonds is 9. The van der Waals surface area contributed by atoms with E-state index in [9.17, 15) is 22.4 Å². The van der Waals surface area contributed by atoms with Crippen molar-refractivity contribution in [2.45, 2.75) is 19.1 Å². The number of alkyl carbamates (subject to hydrolysis) is 1. The van der Waals surface area contributed by atoms with Crippen LogP contribution in [-0.2, 0) is 30.7 Å². The molecule has 11 heteroatoms. The maximum absolute atomic E-state index is 14.7. The van der Waals surface area contributed by atoms with Crippen LogP contribution in [0.1, 0.15) is 12.0 Å². The maximum Gasteiger partial charge on any atom is 0.408 e. The van der Waals surface area contributed by atoms with Gasteiger partial charge in [-0.2, -0.15) is 0 Å². The van der Waals surface area contributed by atoms with Crippen LogP contribution in [0.15, 0.2) is 48.5 Å². The molecule has 1 fully saturated rings. The first kappa shape index (κ1) is 25.4. The van der Waals surface area contributed by atoms with E-state index in [0.717, 1.165) is 11.8 Å². The van der Waals surface area contributed by atoms with Gasteiger partial charge in [-0.3, -0.25) is 4.79 Å². The van der Waals surface area contributed by atoms with Crippen molar-refractivity contribution in [3.05, 3.63) is 59.9 Å². The molecule has 184 valence electrons. The van der Waals surface area contributed by atoms with E-state index in [1.165, 1.54) is 6.07 Å². The number of nitrogens with one attached hydrogen (secondary N) is 2. The summed E-state index contributed by atoms with van der Waals surface area (Å²) in [6, 6.07) is 12.1. The number of carbonyl (C=O) groups is 2. The molecule has 34 heavy (non-hydrogen) atoms. The molecule has 2 aromatic carbocycles. The number of hydrogen-bond donors (Lipinski definition) is 2. The van der Waals surface area contributed by atoms with Gasteiger partial charge in [0.2, 0.25) is 5.91 Å². The minimum Gasteiger partial charge on any atom is -0.445 e. The Morgan fingerprint density at radius 1 is 1.15 bits per heavy atom. The van der Waals surface area contributed by atoms with Gasteiger partial charge in [0.25, 0.3) is 0 Å². The van der Waals surface area contributed by atoms with Crippen LogP contribution < -0.4 is 15.5 Å². The van der Waals surface area contributed by atoms with Crippen LogP contribution in [0.2, 0.25) is 0 Å². The van der Waals surface area contributed by atoms with Gasteiger partial charge in [-0.1, -0.05) is 30.3 Å². The highest BCUT2D eigenvalue weighted by molar-refractivity contribution is 7.90. The fraction of sp³-hybridized carbons (Fsp3) is 0.391. The summed E-state index contributed by atoms with van der Waals surface area (Å²) in [7, 11) is -3.39. The topological polar surface area (TPSA) is 114 Å². The Labute approximate surface area is 198 Å². The fourth-order valence-electron chi connectivity index (χ4n) is 3.38. The van der Waals surface area contributed by atoms with Gasteiger partial charge in [-0.25, -0.2) is 17.6 Å². The third kappa shape index (κ3) is 7.99. The van der Waals surface area contributed by atoms with Crippen molar-refractivity contribution in [1.82, 2.24) is 5.32 Å². The number of hydrogen-bond acceptors (Lipinski definition) is 7. The maximum atomic E-state index is 14.7. The minimum atomic E-state index is -3.39. The smallest absolute Gasteiger partial charge is 0.408 e. The molecule has 2 aromatic rings. The standard InChI is InChI=1S/C23H28FN3O6S/c1-34(30,31)14-9-20(26-23(29)33-16-17-5-3-2-4-6-17)22(28)25-18-7-8-21(19(24)15-18)27-10-12-32-13-11-27/h2-8,15,20H,9-14,16H2,1H3,(H,25,28)(H,26,29). The summed E-state index contributed by atoms with van der Waals surface area (Å²) in [5.74, 6) is -1.52. The van der Waals surface area contributed by atoms with E-state index in [1.807, 2.05) is 11.0 Å².